The first-order valence-electron chi connectivity index (χ1n) is 6.07. The van der Waals surface area contributed by atoms with Crippen LogP contribution in [0.25, 0.3) is 0 Å². The zero-order chi connectivity index (χ0) is 15.3. The fraction of sp³-hybridized carbons (Fsp3) is 0.0667. The zero-order valence-electron chi connectivity index (χ0n) is 11.2. The molecule has 0 aliphatic heterocycles. The molecular formula is C15H12N2O3S. The maximum Gasteiger partial charge on any atom is 0.358 e. The van der Waals surface area contributed by atoms with Crippen molar-refractivity contribution in [3.05, 3.63) is 65.7 Å². The van der Waals surface area contributed by atoms with Crippen molar-refractivity contribution >= 4 is 15.8 Å². The molecule has 0 amide bonds. The second kappa shape index (κ2) is 6.20. The molecule has 0 N–H and O–H groups in total. The number of benzene rings is 2. The number of oxime groups is 1. The van der Waals surface area contributed by atoms with Crippen LogP contribution in [-0.2, 0) is 14.4 Å². The molecular weight excluding hydrogens is 288 g/mol. The fourth-order valence-corrected chi connectivity index (χ4v) is 2.66. The average molecular weight is 300 g/mol. The normalized spacial score (nSPS) is 11.7. The summed E-state index contributed by atoms with van der Waals surface area (Å²) in [5, 5.41) is 12.5. The second-order valence-corrected chi connectivity index (χ2v) is 5.71. The van der Waals surface area contributed by atoms with E-state index in [2.05, 4.69) is 9.44 Å². The van der Waals surface area contributed by atoms with Crippen LogP contribution in [0, 0.1) is 18.3 Å². The third-order valence-corrected chi connectivity index (χ3v) is 4.01. The molecule has 0 bridgehead atoms. The number of nitrogens with zero attached hydrogens (tertiary/aromatic N) is 2. The van der Waals surface area contributed by atoms with Gasteiger partial charge in [0, 0.05) is 5.56 Å². The summed E-state index contributed by atoms with van der Waals surface area (Å²) in [6, 6.07) is 16.7. The third kappa shape index (κ3) is 3.46. The third-order valence-electron chi connectivity index (χ3n) is 2.74. The van der Waals surface area contributed by atoms with E-state index in [0.29, 0.717) is 11.1 Å². The molecule has 106 valence electrons. The maximum absolute atomic E-state index is 12.1. The van der Waals surface area contributed by atoms with Gasteiger partial charge in [-0.15, -0.1) is 0 Å². The van der Waals surface area contributed by atoms with E-state index in [1.807, 2.05) is 6.07 Å². The summed E-state index contributed by atoms with van der Waals surface area (Å²) in [5.41, 5.74) is 0.929. The molecule has 2 aromatic carbocycles. The van der Waals surface area contributed by atoms with Gasteiger partial charge in [0.25, 0.3) is 0 Å². The number of hydrogen-bond acceptors (Lipinski definition) is 5. The van der Waals surface area contributed by atoms with Crippen LogP contribution in [0.15, 0.2) is 64.6 Å². The first kappa shape index (κ1) is 14.8. The predicted molar refractivity (Wildman–Crippen MR) is 78.0 cm³/mol. The Bertz CT molecular complexity index is 806. The Morgan fingerprint density at radius 2 is 1.71 bits per heavy atom. The van der Waals surface area contributed by atoms with Crippen LogP contribution in [0.4, 0.5) is 0 Å². The molecule has 0 saturated heterocycles. The molecule has 2 rings (SSSR count). The van der Waals surface area contributed by atoms with Gasteiger partial charge >= 0.3 is 10.1 Å². The van der Waals surface area contributed by atoms with Gasteiger partial charge in [-0.05, 0) is 18.6 Å². The summed E-state index contributed by atoms with van der Waals surface area (Å²) in [5.74, 6) is 0. The molecule has 0 radical (unpaired) electrons. The monoisotopic (exact) mass is 300 g/mol. The van der Waals surface area contributed by atoms with Crippen molar-refractivity contribution in [2.45, 2.75) is 11.8 Å². The van der Waals surface area contributed by atoms with Gasteiger partial charge in [-0.25, -0.2) is 0 Å². The van der Waals surface area contributed by atoms with Crippen molar-refractivity contribution < 1.29 is 12.7 Å². The molecule has 6 heteroatoms. The summed E-state index contributed by atoms with van der Waals surface area (Å²) in [6.45, 7) is 1.66. The van der Waals surface area contributed by atoms with Crippen molar-refractivity contribution in [3.63, 3.8) is 0 Å². The van der Waals surface area contributed by atoms with Gasteiger partial charge in [-0.2, -0.15) is 13.7 Å². The summed E-state index contributed by atoms with van der Waals surface area (Å²) in [7, 11) is -4.04. The van der Waals surface area contributed by atoms with Gasteiger partial charge < -0.3 is 0 Å². The van der Waals surface area contributed by atoms with E-state index in [-0.39, 0.29) is 10.6 Å². The van der Waals surface area contributed by atoms with E-state index in [9.17, 15) is 8.42 Å². The number of aryl methyl sites for hydroxylation is 1. The second-order valence-electron chi connectivity index (χ2n) is 4.21. The van der Waals surface area contributed by atoms with Crippen LogP contribution >= 0.6 is 0 Å². The van der Waals surface area contributed by atoms with Gasteiger partial charge in [0.2, 0.25) is 0 Å². The minimum Gasteiger partial charge on any atom is -0.263 e. The van der Waals surface area contributed by atoms with Crippen molar-refractivity contribution in [2.24, 2.45) is 5.16 Å². The van der Waals surface area contributed by atoms with E-state index < -0.39 is 10.1 Å². The topological polar surface area (TPSA) is 79.5 Å². The van der Waals surface area contributed by atoms with E-state index in [4.69, 9.17) is 5.26 Å². The van der Waals surface area contributed by atoms with Crippen LogP contribution in [0.2, 0.25) is 0 Å². The minimum absolute atomic E-state index is 0.0269. The minimum atomic E-state index is -4.04. The van der Waals surface area contributed by atoms with Gasteiger partial charge in [-0.1, -0.05) is 53.7 Å². The number of rotatable bonds is 4. The number of nitriles is 1. The van der Waals surface area contributed by atoms with Crippen molar-refractivity contribution in [1.29, 1.82) is 5.26 Å². The average Bonchev–Trinajstić information content (AvgIpc) is 2.49. The van der Waals surface area contributed by atoms with Crippen molar-refractivity contribution in [2.75, 3.05) is 0 Å². The SMILES string of the molecule is Cc1ccccc1S(=O)(=O)ON=C(C#N)c1ccccc1. The first-order valence-corrected chi connectivity index (χ1v) is 7.48. The van der Waals surface area contributed by atoms with E-state index in [1.165, 1.54) is 6.07 Å². The van der Waals surface area contributed by atoms with Gasteiger partial charge in [0.15, 0.2) is 5.71 Å². The van der Waals surface area contributed by atoms with Crippen LogP contribution in [-0.4, -0.2) is 14.1 Å². The van der Waals surface area contributed by atoms with E-state index in [1.54, 1.807) is 55.5 Å². The summed E-state index contributed by atoms with van der Waals surface area (Å²) in [6.07, 6.45) is 0. The molecule has 21 heavy (non-hydrogen) atoms. The molecule has 0 aliphatic rings. The largest absolute Gasteiger partial charge is 0.358 e. The fourth-order valence-electron chi connectivity index (χ4n) is 1.70. The highest BCUT2D eigenvalue weighted by Gasteiger charge is 2.18. The molecule has 0 unspecified atom stereocenters. The molecule has 0 fully saturated rings. The molecule has 0 saturated carbocycles. The summed E-state index contributed by atoms with van der Waals surface area (Å²) < 4.78 is 28.8. The highest BCUT2D eigenvalue weighted by molar-refractivity contribution is 7.86. The number of hydrogen-bond donors (Lipinski definition) is 0. The van der Waals surface area contributed by atoms with Crippen LogP contribution < -0.4 is 0 Å². The lowest BCUT2D eigenvalue weighted by atomic mass is 10.1. The standard InChI is InChI=1S/C15H12N2O3S/c1-12-7-5-6-10-15(12)21(18,19)20-17-14(11-16)13-8-3-2-4-9-13/h2-10H,1H3. The van der Waals surface area contributed by atoms with Gasteiger partial charge in [-0.3, -0.25) is 4.28 Å². The van der Waals surface area contributed by atoms with Crippen molar-refractivity contribution in [1.82, 2.24) is 0 Å². The smallest absolute Gasteiger partial charge is 0.263 e. The Labute approximate surface area is 123 Å². The lowest BCUT2D eigenvalue weighted by Gasteiger charge is -2.05. The summed E-state index contributed by atoms with van der Waals surface area (Å²) in [4.78, 5) is 0.0269. The zero-order valence-corrected chi connectivity index (χ0v) is 12.0. The molecule has 0 heterocycles. The van der Waals surface area contributed by atoms with Crippen LogP contribution in [0.5, 0.6) is 0 Å². The van der Waals surface area contributed by atoms with Gasteiger partial charge in [0.05, 0.1) is 0 Å². The lowest BCUT2D eigenvalue weighted by molar-refractivity contribution is 0.339. The summed E-state index contributed by atoms with van der Waals surface area (Å²) >= 11 is 0. The Hall–Kier alpha value is -2.65. The quantitative estimate of drug-likeness (QED) is 0.642. The Kier molecular flexibility index (Phi) is 4.36. The maximum atomic E-state index is 12.1. The van der Waals surface area contributed by atoms with E-state index >= 15 is 0 Å². The first-order chi connectivity index (χ1) is 10.0. The Balaban J connectivity index is 2.31. The Morgan fingerprint density at radius 3 is 2.33 bits per heavy atom. The lowest BCUT2D eigenvalue weighted by Crippen LogP contribution is -2.07. The molecule has 0 aliphatic carbocycles. The molecule has 0 aromatic heterocycles. The van der Waals surface area contributed by atoms with Gasteiger partial charge in [0.1, 0.15) is 11.0 Å². The van der Waals surface area contributed by atoms with E-state index in [0.717, 1.165) is 0 Å². The molecule has 5 nitrogen and oxygen atoms in total. The molecule has 2 aromatic rings. The Morgan fingerprint density at radius 1 is 1.10 bits per heavy atom. The van der Waals surface area contributed by atoms with Crippen molar-refractivity contribution in [3.8, 4) is 6.07 Å². The highest BCUT2D eigenvalue weighted by atomic mass is 32.2. The van der Waals surface area contributed by atoms with Crippen LogP contribution in [0.1, 0.15) is 11.1 Å². The molecule has 0 spiro atoms. The molecule has 0 atom stereocenters. The highest BCUT2D eigenvalue weighted by Crippen LogP contribution is 2.17. The predicted octanol–water partition coefficient (Wildman–Crippen LogP) is 2.63. The van der Waals surface area contributed by atoms with Crippen LogP contribution in [0.3, 0.4) is 0 Å².